The summed E-state index contributed by atoms with van der Waals surface area (Å²) in [5.74, 6) is 0.171. The third kappa shape index (κ3) is 3.81. The second-order valence-electron chi connectivity index (χ2n) is 6.50. The topological polar surface area (TPSA) is 96.8 Å². The van der Waals surface area contributed by atoms with E-state index in [1.54, 1.807) is 13.1 Å². The van der Waals surface area contributed by atoms with Crippen LogP contribution in [0.1, 0.15) is 48.2 Å². The van der Waals surface area contributed by atoms with Crippen molar-refractivity contribution in [3.05, 3.63) is 64.0 Å². The van der Waals surface area contributed by atoms with Crippen LogP contribution in [0.5, 0.6) is 0 Å². The lowest BCUT2D eigenvalue weighted by atomic mass is 10.1. The fourth-order valence-corrected chi connectivity index (χ4v) is 3.27. The fraction of sp³-hybridized carbons (Fsp3) is 0.300. The van der Waals surface area contributed by atoms with Crippen molar-refractivity contribution < 1.29 is 9.59 Å². The Balaban J connectivity index is 1.88. The number of carbonyl (C=O) groups is 2. The summed E-state index contributed by atoms with van der Waals surface area (Å²) in [5.41, 5.74) is 1.78. The zero-order valence-electron chi connectivity index (χ0n) is 15.6. The van der Waals surface area contributed by atoms with Crippen LogP contribution in [0.2, 0.25) is 0 Å². The number of hydrogen-bond acceptors (Lipinski definition) is 4. The van der Waals surface area contributed by atoms with Crippen LogP contribution < -0.4 is 10.9 Å². The highest BCUT2D eigenvalue weighted by Crippen LogP contribution is 2.26. The van der Waals surface area contributed by atoms with Gasteiger partial charge in [0.25, 0.3) is 5.56 Å². The molecule has 3 rings (SSSR count). The molecule has 3 aromatic rings. The zero-order valence-corrected chi connectivity index (χ0v) is 15.6. The summed E-state index contributed by atoms with van der Waals surface area (Å²) in [6.45, 7) is 5.29. The minimum absolute atomic E-state index is 0.0400. The van der Waals surface area contributed by atoms with Gasteiger partial charge < -0.3 is 14.9 Å². The summed E-state index contributed by atoms with van der Waals surface area (Å²) >= 11 is 0. The number of nitrogens with one attached hydrogen (secondary N) is 2. The summed E-state index contributed by atoms with van der Waals surface area (Å²) in [6, 6.07) is 8.47. The van der Waals surface area contributed by atoms with Gasteiger partial charge in [0.2, 0.25) is 5.91 Å². The van der Waals surface area contributed by atoms with E-state index in [4.69, 9.17) is 0 Å². The quantitative estimate of drug-likeness (QED) is 0.655. The Hall–Kier alpha value is -3.22. The van der Waals surface area contributed by atoms with E-state index in [9.17, 15) is 14.4 Å². The standard InChI is InChI=1S/C20H22N4O3/c1-4-16(20(27)21-10-18-22-12(2)9-19(26)23-18)24-11-15(13(3)25)14-7-5-6-8-17(14)24/h5-9,11,16H,4,10H2,1-3H3,(H,21,27)(H,22,23,26)/t16-/m0/s1. The normalized spacial score (nSPS) is 12.1. The number of benzene rings is 1. The smallest absolute Gasteiger partial charge is 0.251 e. The van der Waals surface area contributed by atoms with Crippen LogP contribution in [-0.2, 0) is 11.3 Å². The molecule has 27 heavy (non-hydrogen) atoms. The Morgan fingerprint density at radius 3 is 2.70 bits per heavy atom. The average Bonchev–Trinajstić information content (AvgIpc) is 3.00. The number of aryl methyl sites for hydroxylation is 1. The Morgan fingerprint density at radius 1 is 1.30 bits per heavy atom. The Labute approximate surface area is 156 Å². The molecule has 7 heteroatoms. The second kappa shape index (κ2) is 7.57. The molecule has 2 aromatic heterocycles. The molecule has 0 saturated heterocycles. The summed E-state index contributed by atoms with van der Waals surface area (Å²) in [7, 11) is 0. The Kier molecular flexibility index (Phi) is 5.21. The van der Waals surface area contributed by atoms with Gasteiger partial charge in [0.1, 0.15) is 11.9 Å². The first kappa shape index (κ1) is 18.6. The summed E-state index contributed by atoms with van der Waals surface area (Å²) in [4.78, 5) is 43.1. The van der Waals surface area contributed by atoms with E-state index < -0.39 is 6.04 Å². The van der Waals surface area contributed by atoms with Gasteiger partial charge in [-0.2, -0.15) is 0 Å². The lowest BCUT2D eigenvalue weighted by molar-refractivity contribution is -0.124. The molecule has 1 amide bonds. The Bertz CT molecular complexity index is 1060. The fourth-order valence-electron chi connectivity index (χ4n) is 3.27. The minimum Gasteiger partial charge on any atom is -0.347 e. The SMILES string of the molecule is CC[C@@H](C(=O)NCc1nc(C)cc(=O)[nH]1)n1cc(C(C)=O)c2ccccc21. The molecule has 0 aliphatic carbocycles. The predicted molar refractivity (Wildman–Crippen MR) is 103 cm³/mol. The van der Waals surface area contributed by atoms with Gasteiger partial charge in [-0.3, -0.25) is 14.4 Å². The second-order valence-corrected chi connectivity index (χ2v) is 6.50. The first-order valence-electron chi connectivity index (χ1n) is 8.85. The van der Waals surface area contributed by atoms with Crippen LogP contribution in [0.3, 0.4) is 0 Å². The molecule has 0 aliphatic heterocycles. The largest absolute Gasteiger partial charge is 0.347 e. The van der Waals surface area contributed by atoms with E-state index in [1.165, 1.54) is 13.0 Å². The number of para-hydroxylation sites is 1. The molecule has 0 spiro atoms. The number of rotatable bonds is 6. The van der Waals surface area contributed by atoms with E-state index in [-0.39, 0.29) is 23.8 Å². The molecule has 2 N–H and O–H groups in total. The van der Waals surface area contributed by atoms with Crippen molar-refractivity contribution in [1.29, 1.82) is 0 Å². The third-order valence-corrected chi connectivity index (χ3v) is 4.49. The van der Waals surface area contributed by atoms with Gasteiger partial charge in [0.15, 0.2) is 5.78 Å². The molecule has 140 valence electrons. The van der Waals surface area contributed by atoms with E-state index >= 15 is 0 Å². The first-order chi connectivity index (χ1) is 12.9. The number of aromatic nitrogens is 3. The zero-order chi connectivity index (χ0) is 19.6. The van der Waals surface area contributed by atoms with Gasteiger partial charge in [-0.05, 0) is 26.3 Å². The van der Waals surface area contributed by atoms with Crippen molar-refractivity contribution >= 4 is 22.6 Å². The van der Waals surface area contributed by atoms with Crippen LogP contribution >= 0.6 is 0 Å². The van der Waals surface area contributed by atoms with E-state index in [2.05, 4.69) is 15.3 Å². The molecule has 0 saturated carbocycles. The van der Waals surface area contributed by atoms with Crippen molar-refractivity contribution in [2.24, 2.45) is 0 Å². The van der Waals surface area contributed by atoms with Crippen LogP contribution in [0.25, 0.3) is 10.9 Å². The number of Topliss-reactive ketones (excluding diaryl/α,β-unsaturated/α-hetero) is 1. The molecular weight excluding hydrogens is 344 g/mol. The van der Waals surface area contributed by atoms with E-state index in [0.717, 1.165) is 10.9 Å². The number of ketones is 1. The number of fused-ring (bicyclic) bond motifs is 1. The lowest BCUT2D eigenvalue weighted by Gasteiger charge is -2.18. The van der Waals surface area contributed by atoms with Crippen LogP contribution in [0.4, 0.5) is 0 Å². The number of carbonyl (C=O) groups excluding carboxylic acids is 2. The third-order valence-electron chi connectivity index (χ3n) is 4.49. The molecule has 0 unspecified atom stereocenters. The van der Waals surface area contributed by atoms with Gasteiger partial charge in [0, 0.05) is 34.4 Å². The highest BCUT2D eigenvalue weighted by molar-refractivity contribution is 6.07. The van der Waals surface area contributed by atoms with Crippen molar-refractivity contribution in [3.8, 4) is 0 Å². The van der Waals surface area contributed by atoms with Crippen LogP contribution in [-0.4, -0.2) is 26.2 Å². The molecule has 0 fully saturated rings. The molecule has 0 aliphatic rings. The highest BCUT2D eigenvalue weighted by Gasteiger charge is 2.22. The van der Waals surface area contributed by atoms with Gasteiger partial charge in [-0.25, -0.2) is 4.98 Å². The van der Waals surface area contributed by atoms with Gasteiger partial charge in [0.05, 0.1) is 6.54 Å². The highest BCUT2D eigenvalue weighted by atomic mass is 16.2. The maximum atomic E-state index is 12.8. The van der Waals surface area contributed by atoms with Crippen LogP contribution in [0.15, 0.2) is 41.3 Å². The lowest BCUT2D eigenvalue weighted by Crippen LogP contribution is -2.32. The van der Waals surface area contributed by atoms with Crippen molar-refractivity contribution in [2.45, 2.75) is 39.8 Å². The van der Waals surface area contributed by atoms with E-state index in [0.29, 0.717) is 23.5 Å². The molecule has 0 bridgehead atoms. The monoisotopic (exact) mass is 366 g/mol. The van der Waals surface area contributed by atoms with Gasteiger partial charge in [-0.15, -0.1) is 0 Å². The maximum Gasteiger partial charge on any atom is 0.251 e. The van der Waals surface area contributed by atoms with Crippen molar-refractivity contribution in [1.82, 2.24) is 19.9 Å². The van der Waals surface area contributed by atoms with Crippen molar-refractivity contribution in [2.75, 3.05) is 0 Å². The van der Waals surface area contributed by atoms with E-state index in [1.807, 2.05) is 35.8 Å². The molecule has 0 radical (unpaired) electrons. The summed E-state index contributed by atoms with van der Waals surface area (Å²) in [5, 5.41) is 3.66. The predicted octanol–water partition coefficient (Wildman–Crippen LogP) is 2.50. The van der Waals surface area contributed by atoms with Crippen molar-refractivity contribution in [3.63, 3.8) is 0 Å². The average molecular weight is 366 g/mol. The van der Waals surface area contributed by atoms with Gasteiger partial charge in [-0.1, -0.05) is 25.1 Å². The molecular formula is C20H22N4O3. The molecule has 2 heterocycles. The number of H-pyrrole nitrogens is 1. The molecule has 7 nitrogen and oxygen atoms in total. The van der Waals surface area contributed by atoms with Crippen LogP contribution in [0, 0.1) is 6.92 Å². The summed E-state index contributed by atoms with van der Waals surface area (Å²) in [6.07, 6.45) is 2.30. The van der Waals surface area contributed by atoms with Gasteiger partial charge >= 0.3 is 0 Å². The molecule has 1 aromatic carbocycles. The minimum atomic E-state index is -0.473. The first-order valence-corrected chi connectivity index (χ1v) is 8.85. The summed E-state index contributed by atoms with van der Waals surface area (Å²) < 4.78 is 1.84. The number of amides is 1. The number of nitrogens with zero attached hydrogens (tertiary/aromatic N) is 2. The Morgan fingerprint density at radius 2 is 2.04 bits per heavy atom. The molecule has 1 atom stereocenters. The maximum absolute atomic E-state index is 12.8. The number of hydrogen-bond donors (Lipinski definition) is 2. The number of aromatic amines is 1.